The average molecular weight is 246 g/mol. The van der Waals surface area contributed by atoms with Crippen molar-refractivity contribution in [1.29, 1.82) is 0 Å². The van der Waals surface area contributed by atoms with Crippen molar-refractivity contribution >= 4 is 11.6 Å². The van der Waals surface area contributed by atoms with Crippen LogP contribution in [0.3, 0.4) is 0 Å². The second-order valence-electron chi connectivity index (χ2n) is 4.87. The fourth-order valence-electron chi connectivity index (χ4n) is 2.20. The number of hydrogen-bond acceptors (Lipinski definition) is 3. The van der Waals surface area contributed by atoms with Crippen LogP contribution in [-0.4, -0.2) is 16.7 Å². The molecule has 1 aliphatic carbocycles. The Bertz CT molecular complexity index is 469. The van der Waals surface area contributed by atoms with Crippen molar-refractivity contribution in [3.8, 4) is 5.75 Å². The Labute approximate surface area is 107 Å². The molecule has 0 spiro atoms. The van der Waals surface area contributed by atoms with Crippen molar-refractivity contribution in [2.45, 2.75) is 32.6 Å². The molecule has 0 aromatic heterocycles. The fraction of sp³-hybridized carbons (Fsp3) is 0.429. The van der Waals surface area contributed by atoms with Gasteiger partial charge in [-0.3, -0.25) is 4.79 Å². The number of carbonyl (C=O) groups is 1. The number of amides is 1. The number of nitrogens with one attached hydrogen (secondary N) is 1. The minimum Gasteiger partial charge on any atom is -0.508 e. The lowest BCUT2D eigenvalue weighted by Gasteiger charge is -2.18. The maximum absolute atomic E-state index is 11.8. The molecule has 1 saturated carbocycles. The van der Waals surface area contributed by atoms with Crippen LogP contribution < -0.4 is 5.43 Å². The van der Waals surface area contributed by atoms with E-state index in [9.17, 15) is 9.90 Å². The third-order valence-electron chi connectivity index (χ3n) is 3.17. The summed E-state index contributed by atoms with van der Waals surface area (Å²) in [5, 5.41) is 13.5. The lowest BCUT2D eigenvalue weighted by Crippen LogP contribution is -2.22. The number of hydrazone groups is 1. The normalized spacial score (nSPS) is 21.8. The third-order valence-corrected chi connectivity index (χ3v) is 3.17. The lowest BCUT2D eigenvalue weighted by atomic mass is 9.89. The molecule has 1 atom stereocenters. The molecule has 2 rings (SSSR count). The quantitative estimate of drug-likeness (QED) is 0.788. The van der Waals surface area contributed by atoms with Gasteiger partial charge in [0.2, 0.25) is 0 Å². The van der Waals surface area contributed by atoms with Crippen LogP contribution in [0.1, 0.15) is 43.0 Å². The van der Waals surface area contributed by atoms with Gasteiger partial charge in [-0.1, -0.05) is 13.0 Å². The SMILES string of the molecule is C[C@H]1CCC/C(=N/NC(=O)c2cccc(O)c2)C1. The molecule has 1 fully saturated rings. The first-order valence-corrected chi connectivity index (χ1v) is 6.30. The molecule has 0 bridgehead atoms. The highest BCUT2D eigenvalue weighted by atomic mass is 16.3. The number of rotatable bonds is 2. The minimum absolute atomic E-state index is 0.0848. The molecule has 18 heavy (non-hydrogen) atoms. The van der Waals surface area contributed by atoms with Crippen LogP contribution in [0.15, 0.2) is 29.4 Å². The summed E-state index contributed by atoms with van der Waals surface area (Å²) in [6, 6.07) is 6.25. The minimum atomic E-state index is -0.281. The molecule has 0 unspecified atom stereocenters. The third kappa shape index (κ3) is 3.32. The van der Waals surface area contributed by atoms with E-state index >= 15 is 0 Å². The highest BCUT2D eigenvalue weighted by molar-refractivity contribution is 5.95. The molecule has 0 radical (unpaired) electrons. The molecule has 1 aromatic carbocycles. The molecular weight excluding hydrogens is 228 g/mol. The molecule has 96 valence electrons. The number of carbonyl (C=O) groups excluding carboxylic acids is 1. The second kappa shape index (κ2) is 5.67. The Hall–Kier alpha value is -1.84. The van der Waals surface area contributed by atoms with Crippen molar-refractivity contribution in [1.82, 2.24) is 5.43 Å². The van der Waals surface area contributed by atoms with E-state index in [2.05, 4.69) is 17.5 Å². The molecule has 4 heteroatoms. The Balaban J connectivity index is 1.97. The van der Waals surface area contributed by atoms with E-state index in [1.807, 2.05) is 0 Å². The van der Waals surface area contributed by atoms with Gasteiger partial charge in [0.1, 0.15) is 5.75 Å². The van der Waals surface area contributed by atoms with Gasteiger partial charge in [0.05, 0.1) is 0 Å². The van der Waals surface area contributed by atoms with Gasteiger partial charge >= 0.3 is 0 Å². The van der Waals surface area contributed by atoms with Crippen LogP contribution in [0.25, 0.3) is 0 Å². The van der Waals surface area contributed by atoms with Crippen molar-refractivity contribution < 1.29 is 9.90 Å². The zero-order chi connectivity index (χ0) is 13.0. The fourth-order valence-corrected chi connectivity index (χ4v) is 2.20. The summed E-state index contributed by atoms with van der Waals surface area (Å²) in [4.78, 5) is 11.8. The summed E-state index contributed by atoms with van der Waals surface area (Å²) in [7, 11) is 0. The van der Waals surface area contributed by atoms with E-state index < -0.39 is 0 Å². The first-order chi connectivity index (χ1) is 8.65. The number of aromatic hydroxyl groups is 1. The number of phenolic OH excluding ortho intramolecular Hbond substituents is 1. The van der Waals surface area contributed by atoms with Crippen LogP contribution in [0.5, 0.6) is 5.75 Å². The van der Waals surface area contributed by atoms with Gasteiger partial charge < -0.3 is 5.11 Å². The van der Waals surface area contributed by atoms with Gasteiger partial charge in [0, 0.05) is 11.3 Å². The maximum Gasteiger partial charge on any atom is 0.271 e. The monoisotopic (exact) mass is 246 g/mol. The summed E-state index contributed by atoms with van der Waals surface area (Å²) in [5.41, 5.74) is 4.03. The second-order valence-corrected chi connectivity index (χ2v) is 4.87. The summed E-state index contributed by atoms with van der Waals surface area (Å²) in [5.74, 6) is 0.452. The summed E-state index contributed by atoms with van der Waals surface area (Å²) >= 11 is 0. The number of benzene rings is 1. The molecule has 4 nitrogen and oxygen atoms in total. The topological polar surface area (TPSA) is 61.7 Å². The van der Waals surface area contributed by atoms with E-state index in [1.54, 1.807) is 12.1 Å². The van der Waals surface area contributed by atoms with Crippen molar-refractivity contribution in [3.05, 3.63) is 29.8 Å². The molecular formula is C14H18N2O2. The Kier molecular flexibility index (Phi) is 3.97. The number of phenols is 1. The largest absolute Gasteiger partial charge is 0.508 e. The zero-order valence-corrected chi connectivity index (χ0v) is 10.5. The van der Waals surface area contributed by atoms with Gasteiger partial charge in [0.25, 0.3) is 5.91 Å². The zero-order valence-electron chi connectivity index (χ0n) is 10.5. The number of nitrogens with zero attached hydrogens (tertiary/aromatic N) is 1. The van der Waals surface area contributed by atoms with Crippen molar-refractivity contribution in [3.63, 3.8) is 0 Å². The molecule has 0 heterocycles. The van der Waals surface area contributed by atoms with Gasteiger partial charge in [-0.2, -0.15) is 5.10 Å². The number of hydrogen-bond donors (Lipinski definition) is 2. The molecule has 0 saturated heterocycles. The van der Waals surface area contributed by atoms with Gasteiger partial charge in [-0.25, -0.2) is 5.43 Å². The van der Waals surface area contributed by atoms with E-state index in [1.165, 1.54) is 18.6 Å². The van der Waals surface area contributed by atoms with Crippen LogP contribution in [0.4, 0.5) is 0 Å². The molecule has 1 aromatic rings. The Morgan fingerprint density at radius 3 is 3.06 bits per heavy atom. The van der Waals surface area contributed by atoms with Crippen molar-refractivity contribution in [2.24, 2.45) is 11.0 Å². The van der Waals surface area contributed by atoms with Gasteiger partial charge in [-0.05, 0) is 49.8 Å². The highest BCUT2D eigenvalue weighted by Crippen LogP contribution is 2.21. The first-order valence-electron chi connectivity index (χ1n) is 6.30. The van der Waals surface area contributed by atoms with Crippen LogP contribution >= 0.6 is 0 Å². The molecule has 1 aliphatic rings. The van der Waals surface area contributed by atoms with E-state index in [0.717, 1.165) is 25.0 Å². The average Bonchev–Trinajstić information content (AvgIpc) is 2.36. The Morgan fingerprint density at radius 1 is 1.50 bits per heavy atom. The van der Waals surface area contributed by atoms with E-state index in [4.69, 9.17) is 0 Å². The van der Waals surface area contributed by atoms with Crippen LogP contribution in [0.2, 0.25) is 0 Å². The van der Waals surface area contributed by atoms with Crippen LogP contribution in [0, 0.1) is 5.92 Å². The van der Waals surface area contributed by atoms with E-state index in [0.29, 0.717) is 11.5 Å². The Morgan fingerprint density at radius 2 is 2.33 bits per heavy atom. The summed E-state index contributed by atoms with van der Waals surface area (Å²) in [6.07, 6.45) is 4.30. The molecule has 0 aliphatic heterocycles. The van der Waals surface area contributed by atoms with E-state index in [-0.39, 0.29) is 11.7 Å². The molecule has 1 amide bonds. The first kappa shape index (κ1) is 12.6. The van der Waals surface area contributed by atoms with Gasteiger partial charge in [-0.15, -0.1) is 0 Å². The smallest absolute Gasteiger partial charge is 0.271 e. The predicted octanol–water partition coefficient (Wildman–Crippen LogP) is 2.69. The molecule has 2 N–H and O–H groups in total. The standard InChI is InChI=1S/C14H18N2O2/c1-10-4-2-6-12(8-10)15-16-14(18)11-5-3-7-13(17)9-11/h3,5,7,9-10,17H,2,4,6,8H2,1H3,(H,16,18)/b15-12-/t10-/m0/s1. The highest BCUT2D eigenvalue weighted by Gasteiger charge is 2.14. The summed E-state index contributed by atoms with van der Waals surface area (Å²) in [6.45, 7) is 2.20. The predicted molar refractivity (Wildman–Crippen MR) is 70.6 cm³/mol. The lowest BCUT2D eigenvalue weighted by molar-refractivity contribution is 0.0954. The summed E-state index contributed by atoms with van der Waals surface area (Å²) < 4.78 is 0. The van der Waals surface area contributed by atoms with Gasteiger partial charge in [0.15, 0.2) is 0 Å². The van der Waals surface area contributed by atoms with Crippen LogP contribution in [-0.2, 0) is 0 Å². The van der Waals surface area contributed by atoms with Crippen molar-refractivity contribution in [2.75, 3.05) is 0 Å². The maximum atomic E-state index is 11.8.